The van der Waals surface area contributed by atoms with E-state index in [1.807, 2.05) is 79.4 Å². The highest BCUT2D eigenvalue weighted by molar-refractivity contribution is 5.99. The zero-order valence-electron chi connectivity index (χ0n) is 25.4. The molecule has 0 aliphatic carbocycles. The molecule has 0 spiro atoms. The number of rotatable bonds is 6. The summed E-state index contributed by atoms with van der Waals surface area (Å²) in [7, 11) is 0. The first-order valence-corrected chi connectivity index (χ1v) is 14.6. The summed E-state index contributed by atoms with van der Waals surface area (Å²) < 4.78 is 16.8. The molecule has 2 N–H and O–H groups in total. The highest BCUT2D eigenvalue weighted by atomic mass is 19.1. The number of benzene rings is 3. The summed E-state index contributed by atoms with van der Waals surface area (Å²) in [6.45, 7) is 13.3. The van der Waals surface area contributed by atoms with Crippen LogP contribution < -0.4 is 10.6 Å². The molecule has 4 aromatic rings. The minimum Gasteiger partial charge on any atom is -0.336 e. The summed E-state index contributed by atoms with van der Waals surface area (Å²) >= 11 is 0. The Morgan fingerprint density at radius 3 is 2.23 bits per heavy atom. The van der Waals surface area contributed by atoms with Crippen LogP contribution in [0.5, 0.6) is 0 Å². The van der Waals surface area contributed by atoms with Crippen molar-refractivity contribution in [3.05, 3.63) is 107 Å². The number of hydrogen-bond donors (Lipinski definition) is 2. The van der Waals surface area contributed by atoms with Gasteiger partial charge in [0, 0.05) is 49.8 Å². The molecule has 3 amide bonds. The molecule has 0 unspecified atom stereocenters. The summed E-state index contributed by atoms with van der Waals surface area (Å²) in [4.78, 5) is 30.0. The summed E-state index contributed by atoms with van der Waals surface area (Å²) in [6.07, 6.45) is 0. The molecular weight excluding hydrogens is 543 g/mol. The molecule has 0 atom stereocenters. The maximum atomic E-state index is 15.1. The van der Waals surface area contributed by atoms with Crippen LogP contribution in [0.25, 0.3) is 5.69 Å². The van der Waals surface area contributed by atoms with Gasteiger partial charge in [-0.25, -0.2) is 13.9 Å². The first kappa shape index (κ1) is 30.0. The van der Waals surface area contributed by atoms with Crippen LogP contribution in [0.1, 0.15) is 53.5 Å². The Hall–Kier alpha value is -4.50. The Kier molecular flexibility index (Phi) is 8.64. The fourth-order valence-electron chi connectivity index (χ4n) is 5.10. The van der Waals surface area contributed by atoms with Gasteiger partial charge in [-0.1, -0.05) is 62.7 Å². The van der Waals surface area contributed by atoms with Gasteiger partial charge in [-0.2, -0.15) is 5.10 Å². The molecule has 1 aliphatic heterocycles. The van der Waals surface area contributed by atoms with Crippen LogP contribution >= 0.6 is 0 Å². The number of carbonyl (C=O) groups is 2. The molecule has 224 valence electrons. The molecule has 1 aliphatic rings. The smallest absolute Gasteiger partial charge is 0.324 e. The second-order valence-electron chi connectivity index (χ2n) is 12.2. The third-order valence-electron chi connectivity index (χ3n) is 7.72. The molecule has 3 aromatic carbocycles. The average molecular weight is 583 g/mol. The number of nitrogens with zero attached hydrogens (tertiary/aromatic N) is 4. The van der Waals surface area contributed by atoms with E-state index in [4.69, 9.17) is 5.10 Å². The lowest BCUT2D eigenvalue weighted by Crippen LogP contribution is -2.48. The normalized spacial score (nSPS) is 14.0. The van der Waals surface area contributed by atoms with Crippen molar-refractivity contribution in [1.29, 1.82) is 0 Å². The maximum Gasteiger partial charge on any atom is 0.324 e. The second-order valence-corrected chi connectivity index (χ2v) is 12.2. The minimum absolute atomic E-state index is 0.0500. The average Bonchev–Trinajstić information content (AvgIpc) is 3.39. The van der Waals surface area contributed by atoms with Crippen LogP contribution in [0.4, 0.5) is 20.7 Å². The number of anilines is 2. The summed E-state index contributed by atoms with van der Waals surface area (Å²) in [5, 5.41) is 10.2. The quantitative estimate of drug-likeness (QED) is 0.271. The SMILES string of the molecule is Cc1ccc(-n2nc(C(C)(C)C)cc2NC(=O)Nc2ccc(CN3CCN(C(=O)c4ccccc4C)CC3)cc2F)cc1. The number of halogens is 1. The molecule has 5 rings (SSSR count). The number of aromatic nitrogens is 2. The monoisotopic (exact) mass is 582 g/mol. The molecule has 1 aromatic heterocycles. The molecule has 8 nitrogen and oxygen atoms in total. The van der Waals surface area contributed by atoms with Gasteiger partial charge in [0.15, 0.2) is 0 Å². The number of piperazine rings is 1. The molecule has 43 heavy (non-hydrogen) atoms. The van der Waals surface area contributed by atoms with E-state index in [0.717, 1.165) is 33.6 Å². The zero-order valence-corrected chi connectivity index (χ0v) is 25.4. The number of urea groups is 1. The van der Waals surface area contributed by atoms with Crippen molar-refractivity contribution >= 4 is 23.4 Å². The Bertz CT molecular complexity index is 1610. The lowest BCUT2D eigenvalue weighted by molar-refractivity contribution is 0.0627. The van der Waals surface area contributed by atoms with Crippen molar-refractivity contribution in [1.82, 2.24) is 19.6 Å². The highest BCUT2D eigenvalue weighted by Crippen LogP contribution is 2.27. The van der Waals surface area contributed by atoms with E-state index in [0.29, 0.717) is 38.5 Å². The molecule has 0 bridgehead atoms. The number of amides is 3. The van der Waals surface area contributed by atoms with Crippen LogP contribution in [0.15, 0.2) is 72.8 Å². The second kappa shape index (κ2) is 12.4. The van der Waals surface area contributed by atoms with Crippen molar-refractivity contribution in [2.45, 2.75) is 46.6 Å². The molecule has 1 fully saturated rings. The van der Waals surface area contributed by atoms with Crippen molar-refractivity contribution in [2.75, 3.05) is 36.8 Å². The van der Waals surface area contributed by atoms with Crippen molar-refractivity contribution in [2.24, 2.45) is 0 Å². The first-order valence-electron chi connectivity index (χ1n) is 14.6. The predicted octanol–water partition coefficient (Wildman–Crippen LogP) is 6.53. The maximum absolute atomic E-state index is 15.1. The van der Waals surface area contributed by atoms with E-state index < -0.39 is 11.8 Å². The number of nitrogens with one attached hydrogen (secondary N) is 2. The minimum atomic E-state index is -0.560. The Balaban J connectivity index is 1.20. The van der Waals surface area contributed by atoms with Crippen LogP contribution in [-0.2, 0) is 12.0 Å². The summed E-state index contributed by atoms with van der Waals surface area (Å²) in [6, 6.07) is 21.6. The van der Waals surface area contributed by atoms with Crippen LogP contribution in [0, 0.1) is 19.7 Å². The van der Waals surface area contributed by atoms with E-state index >= 15 is 4.39 Å². The predicted molar refractivity (Wildman–Crippen MR) is 168 cm³/mol. The fourth-order valence-corrected chi connectivity index (χ4v) is 5.10. The lowest BCUT2D eigenvalue weighted by Gasteiger charge is -2.35. The molecular formula is C34H39FN6O2. The van der Waals surface area contributed by atoms with Gasteiger partial charge in [-0.05, 0) is 55.3 Å². The van der Waals surface area contributed by atoms with Crippen molar-refractivity contribution in [3.8, 4) is 5.69 Å². The van der Waals surface area contributed by atoms with Crippen LogP contribution in [0.2, 0.25) is 0 Å². The van der Waals surface area contributed by atoms with Crippen LogP contribution in [-0.4, -0.2) is 57.7 Å². The Morgan fingerprint density at radius 1 is 0.884 bits per heavy atom. The van der Waals surface area contributed by atoms with Gasteiger partial charge in [0.25, 0.3) is 5.91 Å². The van der Waals surface area contributed by atoms with E-state index in [2.05, 4.69) is 36.3 Å². The van der Waals surface area contributed by atoms with E-state index in [9.17, 15) is 9.59 Å². The number of hydrogen-bond acceptors (Lipinski definition) is 4. The third kappa shape index (κ3) is 7.11. The summed E-state index contributed by atoms with van der Waals surface area (Å²) in [5.74, 6) is 0.0286. The van der Waals surface area contributed by atoms with Gasteiger partial charge in [0.2, 0.25) is 0 Å². The Morgan fingerprint density at radius 2 is 1.58 bits per heavy atom. The molecule has 2 heterocycles. The molecule has 0 radical (unpaired) electrons. The molecule has 9 heteroatoms. The topological polar surface area (TPSA) is 82.5 Å². The summed E-state index contributed by atoms with van der Waals surface area (Å²) in [5.41, 5.74) is 5.12. The van der Waals surface area contributed by atoms with Gasteiger partial charge >= 0.3 is 6.03 Å². The van der Waals surface area contributed by atoms with Gasteiger partial charge in [0.1, 0.15) is 11.6 Å². The van der Waals surface area contributed by atoms with Crippen molar-refractivity contribution < 1.29 is 14.0 Å². The molecule has 0 saturated carbocycles. The van der Waals surface area contributed by atoms with Crippen molar-refractivity contribution in [3.63, 3.8) is 0 Å². The van der Waals surface area contributed by atoms with E-state index in [1.165, 1.54) is 6.07 Å². The van der Waals surface area contributed by atoms with E-state index in [-0.39, 0.29) is 17.0 Å². The number of carbonyl (C=O) groups excluding carboxylic acids is 2. The standard InChI is InChI=1S/C34H39FN6O2/c1-23-10-13-26(14-11-23)41-31(21-30(38-41)34(3,4)5)37-33(43)36-29-15-12-25(20-28(29)35)22-39-16-18-40(19-17-39)32(42)27-9-7-6-8-24(27)2/h6-15,20-21H,16-19,22H2,1-5H3,(H2,36,37,43). The zero-order chi connectivity index (χ0) is 30.7. The van der Waals surface area contributed by atoms with Gasteiger partial charge < -0.3 is 10.2 Å². The molecule has 1 saturated heterocycles. The Labute approximate surface area is 252 Å². The fraction of sp³-hybridized carbons (Fsp3) is 0.324. The van der Waals surface area contributed by atoms with Gasteiger partial charge in [-0.3, -0.25) is 15.0 Å². The third-order valence-corrected chi connectivity index (χ3v) is 7.72. The van der Waals surface area contributed by atoms with Gasteiger partial charge in [0.05, 0.1) is 17.1 Å². The van der Waals surface area contributed by atoms with E-state index in [1.54, 1.807) is 10.7 Å². The largest absolute Gasteiger partial charge is 0.336 e. The first-order chi connectivity index (χ1) is 20.5. The van der Waals surface area contributed by atoms with Crippen LogP contribution in [0.3, 0.4) is 0 Å². The highest BCUT2D eigenvalue weighted by Gasteiger charge is 2.24. The lowest BCUT2D eigenvalue weighted by atomic mass is 9.92. The van der Waals surface area contributed by atoms with Gasteiger partial charge in [-0.15, -0.1) is 0 Å². The number of aryl methyl sites for hydroxylation is 2.